The van der Waals surface area contributed by atoms with Gasteiger partial charge in [-0.2, -0.15) is 4.31 Å². The Balaban J connectivity index is 0.00000176. The molecule has 120 valence electrons. The fraction of sp³-hybridized carbons (Fsp3) is 0.400. The van der Waals surface area contributed by atoms with Crippen molar-refractivity contribution in [2.24, 2.45) is 11.7 Å². The maximum atomic E-state index is 12.9. The number of sulfonamides is 1. The first-order valence-electron chi connectivity index (χ1n) is 7.09. The van der Waals surface area contributed by atoms with E-state index in [1.165, 1.54) is 0 Å². The average Bonchev–Trinajstić information content (AvgIpc) is 2.49. The molecule has 1 aliphatic rings. The zero-order chi connectivity index (χ0) is 15.0. The Morgan fingerprint density at radius 2 is 2.05 bits per heavy atom. The Morgan fingerprint density at radius 3 is 2.77 bits per heavy atom. The summed E-state index contributed by atoms with van der Waals surface area (Å²) in [6, 6.07) is 8.85. The topological polar surface area (TPSA) is 76.3 Å². The van der Waals surface area contributed by atoms with Crippen LogP contribution in [0.2, 0.25) is 0 Å². The molecular weight excluding hydrogens is 322 g/mol. The third-order valence-corrected chi connectivity index (χ3v) is 6.08. The maximum absolute atomic E-state index is 12.9. The minimum Gasteiger partial charge on any atom is -0.327 e. The normalized spacial score (nSPS) is 23.2. The third kappa shape index (κ3) is 2.96. The van der Waals surface area contributed by atoms with Gasteiger partial charge in [0.2, 0.25) is 10.0 Å². The van der Waals surface area contributed by atoms with Crippen molar-refractivity contribution in [1.82, 2.24) is 9.29 Å². The number of piperidine rings is 1. The van der Waals surface area contributed by atoms with E-state index >= 15 is 0 Å². The quantitative estimate of drug-likeness (QED) is 0.906. The van der Waals surface area contributed by atoms with E-state index in [1.807, 2.05) is 13.0 Å². The molecule has 7 heteroatoms. The number of rotatable bonds is 2. The lowest BCUT2D eigenvalue weighted by atomic mass is 9.96. The van der Waals surface area contributed by atoms with Crippen LogP contribution < -0.4 is 5.73 Å². The largest absolute Gasteiger partial charge is 0.327 e. The Hall–Kier alpha value is -1.21. The fourth-order valence-corrected chi connectivity index (χ4v) is 4.54. The van der Waals surface area contributed by atoms with E-state index in [0.29, 0.717) is 35.3 Å². The van der Waals surface area contributed by atoms with Gasteiger partial charge in [0, 0.05) is 30.7 Å². The van der Waals surface area contributed by atoms with Gasteiger partial charge in [0.25, 0.3) is 0 Å². The van der Waals surface area contributed by atoms with E-state index in [2.05, 4.69) is 4.98 Å². The zero-order valence-corrected chi connectivity index (χ0v) is 14.0. The van der Waals surface area contributed by atoms with Crippen LogP contribution in [-0.4, -0.2) is 36.8 Å². The predicted octanol–water partition coefficient (Wildman–Crippen LogP) is 2.01. The minimum absolute atomic E-state index is 0. The molecule has 2 atom stereocenters. The van der Waals surface area contributed by atoms with Gasteiger partial charge >= 0.3 is 0 Å². The Morgan fingerprint density at radius 1 is 1.27 bits per heavy atom. The minimum atomic E-state index is -3.51. The highest BCUT2D eigenvalue weighted by atomic mass is 35.5. The molecule has 5 nitrogen and oxygen atoms in total. The number of halogens is 1. The van der Waals surface area contributed by atoms with Gasteiger partial charge in [0.15, 0.2) is 0 Å². The van der Waals surface area contributed by atoms with Gasteiger partial charge in [-0.25, -0.2) is 8.42 Å². The van der Waals surface area contributed by atoms with E-state index in [9.17, 15) is 8.42 Å². The van der Waals surface area contributed by atoms with E-state index in [-0.39, 0.29) is 24.4 Å². The van der Waals surface area contributed by atoms with Crippen LogP contribution >= 0.6 is 12.4 Å². The molecule has 1 aromatic carbocycles. The molecule has 22 heavy (non-hydrogen) atoms. The van der Waals surface area contributed by atoms with Crippen molar-refractivity contribution in [2.75, 3.05) is 13.1 Å². The molecule has 0 saturated carbocycles. The van der Waals surface area contributed by atoms with Crippen molar-refractivity contribution < 1.29 is 8.42 Å². The molecule has 3 rings (SSSR count). The molecule has 0 amide bonds. The predicted molar refractivity (Wildman–Crippen MR) is 89.5 cm³/mol. The Kier molecular flexibility index (Phi) is 5.07. The molecule has 0 spiro atoms. The van der Waals surface area contributed by atoms with Crippen molar-refractivity contribution >= 4 is 33.3 Å². The molecule has 0 aliphatic carbocycles. The van der Waals surface area contributed by atoms with E-state index < -0.39 is 10.0 Å². The van der Waals surface area contributed by atoms with E-state index in [1.54, 1.807) is 34.8 Å². The first-order valence-corrected chi connectivity index (χ1v) is 8.53. The molecule has 2 heterocycles. The second kappa shape index (κ2) is 6.50. The van der Waals surface area contributed by atoms with Gasteiger partial charge in [-0.1, -0.05) is 13.0 Å². The number of benzene rings is 1. The molecule has 2 unspecified atom stereocenters. The number of nitrogens with two attached hydrogens (primary N) is 1. The molecule has 2 aromatic rings. The summed E-state index contributed by atoms with van der Waals surface area (Å²) >= 11 is 0. The van der Waals surface area contributed by atoms with Crippen LogP contribution in [0.25, 0.3) is 10.9 Å². The van der Waals surface area contributed by atoms with Gasteiger partial charge in [-0.3, -0.25) is 4.98 Å². The number of hydrogen-bond donors (Lipinski definition) is 1. The summed E-state index contributed by atoms with van der Waals surface area (Å²) in [6.45, 7) is 2.95. The van der Waals surface area contributed by atoms with Crippen molar-refractivity contribution in [2.45, 2.75) is 24.3 Å². The monoisotopic (exact) mass is 341 g/mol. The standard InChI is InChI=1S/C15H19N3O2S.ClH/c1-11-10-18(9-7-13(11)16)21(19,20)15-6-2-5-14-12(15)4-3-8-17-14;/h2-6,8,11,13H,7,9-10,16H2,1H3;1H. The van der Waals surface area contributed by atoms with Gasteiger partial charge in [0.1, 0.15) is 0 Å². The summed E-state index contributed by atoms with van der Waals surface area (Å²) < 4.78 is 27.4. The number of hydrogen-bond acceptors (Lipinski definition) is 4. The SMILES string of the molecule is CC1CN(S(=O)(=O)c2cccc3ncccc23)CCC1N.Cl. The molecule has 2 N–H and O–H groups in total. The summed E-state index contributed by atoms with van der Waals surface area (Å²) in [4.78, 5) is 4.55. The lowest BCUT2D eigenvalue weighted by Gasteiger charge is -2.34. The highest BCUT2D eigenvalue weighted by Gasteiger charge is 2.32. The lowest BCUT2D eigenvalue weighted by molar-refractivity contribution is 0.250. The third-order valence-electron chi connectivity index (χ3n) is 4.16. The smallest absolute Gasteiger partial charge is 0.243 e. The Labute approximate surface area is 137 Å². The summed E-state index contributed by atoms with van der Waals surface area (Å²) in [5, 5.41) is 0.669. The number of aromatic nitrogens is 1. The summed E-state index contributed by atoms with van der Waals surface area (Å²) in [7, 11) is -3.51. The zero-order valence-electron chi connectivity index (χ0n) is 12.3. The highest BCUT2D eigenvalue weighted by Crippen LogP contribution is 2.27. The molecule has 1 saturated heterocycles. The lowest BCUT2D eigenvalue weighted by Crippen LogP contribution is -2.48. The molecule has 0 bridgehead atoms. The number of nitrogens with zero attached hydrogens (tertiary/aromatic N) is 2. The van der Waals surface area contributed by atoms with Crippen molar-refractivity contribution in [3.63, 3.8) is 0 Å². The Bertz CT molecular complexity index is 761. The second-order valence-corrected chi connectivity index (χ2v) is 7.53. The van der Waals surface area contributed by atoms with Crippen LogP contribution in [0.15, 0.2) is 41.4 Å². The first-order chi connectivity index (χ1) is 10.00. The highest BCUT2D eigenvalue weighted by molar-refractivity contribution is 7.89. The summed E-state index contributed by atoms with van der Waals surface area (Å²) in [6.07, 6.45) is 2.37. The molecular formula is C15H20ClN3O2S. The van der Waals surface area contributed by atoms with Gasteiger partial charge < -0.3 is 5.73 Å². The van der Waals surface area contributed by atoms with Crippen LogP contribution in [0, 0.1) is 5.92 Å². The van der Waals surface area contributed by atoms with Crippen LogP contribution in [0.5, 0.6) is 0 Å². The van der Waals surface area contributed by atoms with Crippen molar-refractivity contribution in [3.8, 4) is 0 Å². The number of pyridine rings is 1. The van der Waals surface area contributed by atoms with Crippen molar-refractivity contribution in [3.05, 3.63) is 36.5 Å². The van der Waals surface area contributed by atoms with Crippen LogP contribution in [0.4, 0.5) is 0 Å². The number of fused-ring (bicyclic) bond motifs is 1. The van der Waals surface area contributed by atoms with E-state index in [4.69, 9.17) is 5.73 Å². The van der Waals surface area contributed by atoms with E-state index in [0.717, 1.165) is 0 Å². The molecule has 0 radical (unpaired) electrons. The van der Waals surface area contributed by atoms with Crippen LogP contribution in [-0.2, 0) is 10.0 Å². The molecule has 1 aromatic heterocycles. The van der Waals surface area contributed by atoms with Gasteiger partial charge in [-0.15, -0.1) is 12.4 Å². The second-order valence-electron chi connectivity index (χ2n) is 5.62. The summed E-state index contributed by atoms with van der Waals surface area (Å²) in [5.74, 6) is 0.168. The first kappa shape index (κ1) is 17.1. The van der Waals surface area contributed by atoms with Crippen LogP contribution in [0.3, 0.4) is 0 Å². The van der Waals surface area contributed by atoms with Gasteiger partial charge in [0.05, 0.1) is 10.4 Å². The maximum Gasteiger partial charge on any atom is 0.243 e. The summed E-state index contributed by atoms with van der Waals surface area (Å²) in [5.41, 5.74) is 6.68. The molecule has 1 fully saturated rings. The van der Waals surface area contributed by atoms with Crippen LogP contribution in [0.1, 0.15) is 13.3 Å². The van der Waals surface area contributed by atoms with Crippen molar-refractivity contribution in [1.29, 1.82) is 0 Å². The van der Waals surface area contributed by atoms with Gasteiger partial charge in [-0.05, 0) is 36.6 Å². The molecule has 1 aliphatic heterocycles. The average molecular weight is 342 g/mol. The fourth-order valence-electron chi connectivity index (χ4n) is 2.78.